The van der Waals surface area contributed by atoms with Crippen LogP contribution in [0.25, 0.3) is 21.9 Å². The van der Waals surface area contributed by atoms with Crippen molar-refractivity contribution in [3.05, 3.63) is 80.9 Å². The Morgan fingerprint density at radius 2 is 1.81 bits per heavy atom. The minimum Gasteiger partial charge on any atom is -0.464 e. The van der Waals surface area contributed by atoms with E-state index < -0.39 is 11.7 Å². The van der Waals surface area contributed by atoms with Crippen LogP contribution < -0.4 is 10.9 Å². The van der Waals surface area contributed by atoms with Gasteiger partial charge in [0.25, 0.3) is 0 Å². The van der Waals surface area contributed by atoms with Crippen molar-refractivity contribution in [2.24, 2.45) is 0 Å². The lowest BCUT2D eigenvalue weighted by Crippen LogP contribution is -2.29. The van der Waals surface area contributed by atoms with Gasteiger partial charge in [-0.2, -0.15) is 0 Å². The van der Waals surface area contributed by atoms with Gasteiger partial charge in [0.05, 0.1) is 12.4 Å². The van der Waals surface area contributed by atoms with E-state index in [0.29, 0.717) is 11.1 Å². The summed E-state index contributed by atoms with van der Waals surface area (Å²) in [5, 5.41) is 14.8. The summed E-state index contributed by atoms with van der Waals surface area (Å²) >= 11 is 0. The van der Waals surface area contributed by atoms with Crippen molar-refractivity contribution in [2.45, 2.75) is 39.7 Å². The molecule has 160 valence electrons. The molecule has 0 aliphatic rings. The van der Waals surface area contributed by atoms with E-state index in [-0.39, 0.29) is 25.3 Å². The van der Waals surface area contributed by atoms with Crippen LogP contribution in [0.15, 0.2) is 56.3 Å². The molecule has 0 saturated heterocycles. The highest BCUT2D eigenvalue weighted by Crippen LogP contribution is 2.32. The van der Waals surface area contributed by atoms with Crippen LogP contribution in [0.2, 0.25) is 0 Å². The smallest absolute Gasteiger partial charge is 0.339 e. The van der Waals surface area contributed by atoms with Crippen molar-refractivity contribution < 1.29 is 18.7 Å². The van der Waals surface area contributed by atoms with Gasteiger partial charge in [0.15, 0.2) is 0 Å². The predicted molar refractivity (Wildman–Crippen MR) is 119 cm³/mol. The Balaban J connectivity index is 1.52. The molecule has 0 aliphatic carbocycles. The summed E-state index contributed by atoms with van der Waals surface area (Å²) in [7, 11) is 0. The van der Waals surface area contributed by atoms with Crippen LogP contribution in [0.1, 0.15) is 40.3 Å². The SMILES string of the molecule is Cc1coc2c(C)c3oc(=O)c(CCC(=O)NCC(O)c4ccccc4)c(C)c3cc12. The molecule has 6 heteroatoms. The molecule has 2 aromatic carbocycles. The van der Waals surface area contributed by atoms with E-state index in [1.54, 1.807) is 18.4 Å². The molecular weight excluding hydrogens is 394 g/mol. The van der Waals surface area contributed by atoms with Crippen LogP contribution in [-0.2, 0) is 11.2 Å². The molecular formula is C25H25NO5. The summed E-state index contributed by atoms with van der Waals surface area (Å²) in [4.78, 5) is 25.0. The zero-order valence-corrected chi connectivity index (χ0v) is 17.8. The zero-order chi connectivity index (χ0) is 22.1. The van der Waals surface area contributed by atoms with E-state index in [2.05, 4.69) is 5.32 Å². The molecule has 2 aromatic heterocycles. The molecule has 1 amide bonds. The Bertz CT molecular complexity index is 1320. The number of carbonyl (C=O) groups excluding carboxylic acids is 1. The fourth-order valence-corrected chi connectivity index (χ4v) is 3.94. The van der Waals surface area contributed by atoms with E-state index in [0.717, 1.165) is 38.6 Å². The van der Waals surface area contributed by atoms with E-state index in [1.165, 1.54) is 0 Å². The first-order chi connectivity index (χ1) is 14.9. The molecule has 1 atom stereocenters. The topological polar surface area (TPSA) is 92.7 Å². The van der Waals surface area contributed by atoms with Crippen LogP contribution in [-0.4, -0.2) is 17.6 Å². The van der Waals surface area contributed by atoms with Crippen LogP contribution in [0, 0.1) is 20.8 Å². The Hall–Kier alpha value is -3.38. The first-order valence-electron chi connectivity index (χ1n) is 10.3. The second kappa shape index (κ2) is 8.40. The van der Waals surface area contributed by atoms with E-state index >= 15 is 0 Å². The molecule has 2 N–H and O–H groups in total. The van der Waals surface area contributed by atoms with Gasteiger partial charge in [0.2, 0.25) is 5.91 Å². The normalized spacial score (nSPS) is 12.4. The third kappa shape index (κ3) is 3.99. The maximum Gasteiger partial charge on any atom is 0.339 e. The Labute approximate surface area is 179 Å². The van der Waals surface area contributed by atoms with Crippen molar-refractivity contribution in [1.29, 1.82) is 0 Å². The lowest BCUT2D eigenvalue weighted by Gasteiger charge is -2.13. The minimum atomic E-state index is -0.777. The number of amides is 1. The van der Waals surface area contributed by atoms with Crippen molar-refractivity contribution in [3.8, 4) is 0 Å². The number of nitrogens with one attached hydrogen (secondary N) is 1. The number of fused-ring (bicyclic) bond motifs is 2. The molecule has 0 radical (unpaired) electrons. The van der Waals surface area contributed by atoms with Gasteiger partial charge in [-0.05, 0) is 49.9 Å². The average molecular weight is 419 g/mol. The number of hydrogen-bond acceptors (Lipinski definition) is 5. The monoisotopic (exact) mass is 419 g/mol. The van der Waals surface area contributed by atoms with Crippen molar-refractivity contribution in [2.75, 3.05) is 6.54 Å². The molecule has 0 fully saturated rings. The van der Waals surface area contributed by atoms with Crippen molar-refractivity contribution >= 4 is 27.8 Å². The largest absolute Gasteiger partial charge is 0.464 e. The zero-order valence-electron chi connectivity index (χ0n) is 17.8. The van der Waals surface area contributed by atoms with Gasteiger partial charge in [-0.25, -0.2) is 4.79 Å². The maximum atomic E-state index is 12.6. The Morgan fingerprint density at radius 1 is 1.06 bits per heavy atom. The molecule has 4 rings (SSSR count). The molecule has 0 spiro atoms. The highest BCUT2D eigenvalue weighted by molar-refractivity contribution is 5.99. The number of aryl methyl sites for hydroxylation is 3. The molecule has 0 bridgehead atoms. The minimum absolute atomic E-state index is 0.116. The molecule has 1 unspecified atom stereocenters. The fraction of sp³-hybridized carbons (Fsp3) is 0.280. The number of rotatable bonds is 6. The summed E-state index contributed by atoms with van der Waals surface area (Å²) in [6.07, 6.45) is 1.31. The maximum absolute atomic E-state index is 12.6. The Morgan fingerprint density at radius 3 is 2.55 bits per heavy atom. The summed E-state index contributed by atoms with van der Waals surface area (Å²) in [6, 6.07) is 11.1. The van der Waals surface area contributed by atoms with Crippen LogP contribution >= 0.6 is 0 Å². The first kappa shape index (κ1) is 20.9. The highest BCUT2D eigenvalue weighted by atomic mass is 16.4. The number of hydrogen-bond donors (Lipinski definition) is 2. The summed E-state index contributed by atoms with van der Waals surface area (Å²) < 4.78 is 11.2. The van der Waals surface area contributed by atoms with E-state index in [9.17, 15) is 14.7 Å². The third-order valence-electron chi connectivity index (χ3n) is 5.81. The second-order valence-corrected chi connectivity index (χ2v) is 7.90. The van der Waals surface area contributed by atoms with Gasteiger partial charge >= 0.3 is 5.63 Å². The van der Waals surface area contributed by atoms with Crippen LogP contribution in [0.4, 0.5) is 0 Å². The predicted octanol–water partition coefficient (Wildman–Crippen LogP) is 4.25. The number of aliphatic hydroxyl groups excluding tert-OH is 1. The van der Waals surface area contributed by atoms with E-state index in [4.69, 9.17) is 8.83 Å². The molecule has 0 aliphatic heterocycles. The standard InChI is InChI=1S/C25H25NO5/c1-14-13-30-23-16(3)24-20(11-19(14)23)15(2)18(25(29)31-24)9-10-22(28)26-12-21(27)17-7-5-4-6-8-17/h4-8,11,13,21,27H,9-10,12H2,1-3H3,(H,26,28). The molecule has 2 heterocycles. The number of benzene rings is 2. The molecule has 6 nitrogen and oxygen atoms in total. The fourth-order valence-electron chi connectivity index (χ4n) is 3.94. The van der Waals surface area contributed by atoms with Crippen molar-refractivity contribution in [1.82, 2.24) is 5.32 Å². The lowest BCUT2D eigenvalue weighted by atomic mass is 9.98. The average Bonchev–Trinajstić information content (AvgIpc) is 3.14. The molecule has 0 saturated carbocycles. The second-order valence-electron chi connectivity index (χ2n) is 7.90. The van der Waals surface area contributed by atoms with Gasteiger partial charge in [-0.1, -0.05) is 30.3 Å². The first-order valence-corrected chi connectivity index (χ1v) is 10.3. The van der Waals surface area contributed by atoms with Crippen LogP contribution in [0.5, 0.6) is 0 Å². The Kier molecular flexibility index (Phi) is 5.65. The molecule has 31 heavy (non-hydrogen) atoms. The summed E-state index contributed by atoms with van der Waals surface area (Å²) in [6.45, 7) is 5.85. The summed E-state index contributed by atoms with van der Waals surface area (Å²) in [5.74, 6) is -0.230. The quantitative estimate of drug-likeness (QED) is 0.456. The van der Waals surface area contributed by atoms with Gasteiger partial charge < -0.3 is 19.3 Å². The third-order valence-corrected chi connectivity index (χ3v) is 5.81. The van der Waals surface area contributed by atoms with Gasteiger partial charge in [0.1, 0.15) is 11.2 Å². The highest BCUT2D eigenvalue weighted by Gasteiger charge is 2.18. The van der Waals surface area contributed by atoms with Crippen molar-refractivity contribution in [3.63, 3.8) is 0 Å². The number of furan rings is 1. The number of carbonyl (C=O) groups is 1. The number of aliphatic hydroxyl groups is 1. The summed E-state index contributed by atoms with van der Waals surface area (Å²) in [5.41, 5.74) is 4.65. The van der Waals surface area contributed by atoms with Gasteiger partial charge in [0, 0.05) is 34.9 Å². The van der Waals surface area contributed by atoms with Gasteiger partial charge in [-0.15, -0.1) is 0 Å². The lowest BCUT2D eigenvalue weighted by molar-refractivity contribution is -0.121. The van der Waals surface area contributed by atoms with Gasteiger partial charge in [-0.3, -0.25) is 4.79 Å². The van der Waals surface area contributed by atoms with Crippen LogP contribution in [0.3, 0.4) is 0 Å². The van der Waals surface area contributed by atoms with E-state index in [1.807, 2.05) is 45.0 Å². The molecule has 4 aromatic rings.